The molecule has 2 aromatic carbocycles. The second-order valence-electron chi connectivity index (χ2n) is 8.55. The van der Waals surface area contributed by atoms with Crippen molar-refractivity contribution in [1.82, 2.24) is 10.2 Å². The van der Waals surface area contributed by atoms with E-state index in [9.17, 15) is 18.0 Å². The third kappa shape index (κ3) is 4.28. The van der Waals surface area contributed by atoms with Crippen molar-refractivity contribution in [2.24, 2.45) is 5.92 Å². The summed E-state index contributed by atoms with van der Waals surface area (Å²) in [6, 6.07) is 13.8. The molecule has 32 heavy (non-hydrogen) atoms. The van der Waals surface area contributed by atoms with E-state index >= 15 is 0 Å². The fraction of sp³-hybridized carbons (Fsp3) is 0.417. The van der Waals surface area contributed by atoms with Crippen LogP contribution in [0.15, 0.2) is 53.4 Å². The summed E-state index contributed by atoms with van der Waals surface area (Å²) in [6.45, 7) is 2.41. The standard InChI is InChI=1S/C24H27ClN2O4S/c1-16-7-13-19(14-8-16)32(30,31)24-20-21(27(24)23(20)29)22(28)26-15-5-3-2-4-6-17-9-11-18(25)12-10-17/h7-14,20-21,24H,2-6,15H2,1H3,(H,26,28). The van der Waals surface area contributed by atoms with Crippen molar-refractivity contribution >= 4 is 33.3 Å². The average Bonchev–Trinajstić information content (AvgIpc) is 2.72. The maximum absolute atomic E-state index is 12.8. The van der Waals surface area contributed by atoms with Crippen molar-refractivity contribution in [2.45, 2.75) is 55.3 Å². The van der Waals surface area contributed by atoms with Crippen molar-refractivity contribution < 1.29 is 18.0 Å². The number of amides is 2. The molecule has 3 unspecified atom stereocenters. The van der Waals surface area contributed by atoms with E-state index in [2.05, 4.69) is 5.32 Å². The summed E-state index contributed by atoms with van der Waals surface area (Å²) in [7, 11) is -3.66. The number of benzene rings is 2. The monoisotopic (exact) mass is 474 g/mol. The van der Waals surface area contributed by atoms with E-state index in [-0.39, 0.29) is 16.7 Å². The van der Waals surface area contributed by atoms with Crippen molar-refractivity contribution in [3.8, 4) is 0 Å². The van der Waals surface area contributed by atoms with Gasteiger partial charge in [-0.25, -0.2) is 8.42 Å². The predicted molar refractivity (Wildman–Crippen MR) is 123 cm³/mol. The summed E-state index contributed by atoms with van der Waals surface area (Å²) in [5, 5.41) is 2.68. The molecule has 2 aromatic rings. The summed E-state index contributed by atoms with van der Waals surface area (Å²) in [5.74, 6) is -1.28. The molecular formula is C24H27ClN2O4S. The van der Waals surface area contributed by atoms with E-state index in [4.69, 9.17) is 11.6 Å². The van der Waals surface area contributed by atoms with Crippen molar-refractivity contribution in [1.29, 1.82) is 0 Å². The van der Waals surface area contributed by atoms with Crippen LogP contribution < -0.4 is 5.32 Å². The van der Waals surface area contributed by atoms with Crippen LogP contribution in [0, 0.1) is 12.8 Å². The van der Waals surface area contributed by atoms with Crippen molar-refractivity contribution in [2.75, 3.05) is 6.54 Å². The Labute approximate surface area is 193 Å². The first-order valence-corrected chi connectivity index (χ1v) is 12.9. The number of hydrogen-bond acceptors (Lipinski definition) is 4. The molecule has 3 fully saturated rings. The lowest BCUT2D eigenvalue weighted by Crippen LogP contribution is -2.86. The molecule has 2 bridgehead atoms. The lowest BCUT2D eigenvalue weighted by molar-refractivity contribution is -0.195. The highest BCUT2D eigenvalue weighted by molar-refractivity contribution is 7.92. The molecule has 0 radical (unpaired) electrons. The molecule has 3 saturated heterocycles. The zero-order chi connectivity index (χ0) is 22.9. The predicted octanol–water partition coefficient (Wildman–Crippen LogP) is 3.51. The molecule has 5 rings (SSSR count). The van der Waals surface area contributed by atoms with E-state index in [1.807, 2.05) is 31.2 Å². The van der Waals surface area contributed by atoms with Crippen LogP contribution in [-0.4, -0.2) is 43.1 Å². The Balaban J connectivity index is 1.17. The highest BCUT2D eigenvalue weighted by atomic mass is 35.5. The van der Waals surface area contributed by atoms with E-state index < -0.39 is 27.2 Å². The van der Waals surface area contributed by atoms with E-state index in [1.165, 1.54) is 10.5 Å². The summed E-state index contributed by atoms with van der Waals surface area (Å²) < 4.78 is 25.7. The quantitative estimate of drug-likeness (QED) is 0.422. The fourth-order valence-corrected chi connectivity index (χ4v) is 6.47. The zero-order valence-electron chi connectivity index (χ0n) is 18.0. The number of β-lactam (4-membered cyclic amide) rings is 2. The summed E-state index contributed by atoms with van der Waals surface area (Å²) in [4.78, 5) is 25.8. The molecule has 0 aliphatic carbocycles. The van der Waals surface area contributed by atoms with Gasteiger partial charge >= 0.3 is 0 Å². The van der Waals surface area contributed by atoms with Gasteiger partial charge in [-0.05, 0) is 56.0 Å². The van der Waals surface area contributed by atoms with Crippen LogP contribution >= 0.6 is 11.6 Å². The number of nitrogens with one attached hydrogen (secondary N) is 1. The van der Waals surface area contributed by atoms with Gasteiger partial charge in [-0.3, -0.25) is 9.59 Å². The van der Waals surface area contributed by atoms with Gasteiger partial charge < -0.3 is 10.2 Å². The maximum atomic E-state index is 12.8. The van der Waals surface area contributed by atoms with Crippen LogP contribution in [0.2, 0.25) is 5.02 Å². The fourth-order valence-electron chi connectivity index (χ4n) is 4.36. The molecule has 1 N–H and O–H groups in total. The van der Waals surface area contributed by atoms with Crippen LogP contribution in [0.25, 0.3) is 0 Å². The molecule has 6 nitrogen and oxygen atoms in total. The Bertz CT molecular complexity index is 1090. The third-order valence-electron chi connectivity index (χ3n) is 6.30. The zero-order valence-corrected chi connectivity index (χ0v) is 19.5. The van der Waals surface area contributed by atoms with E-state index in [1.54, 1.807) is 24.3 Å². The molecule has 3 aliphatic heterocycles. The highest BCUT2D eigenvalue weighted by Gasteiger charge is 2.74. The van der Waals surface area contributed by atoms with Crippen LogP contribution in [0.4, 0.5) is 0 Å². The molecule has 2 amide bonds. The lowest BCUT2D eigenvalue weighted by atomic mass is 9.74. The summed E-state index contributed by atoms with van der Waals surface area (Å²) in [6.07, 6.45) is 4.98. The molecule has 0 spiro atoms. The first-order chi connectivity index (χ1) is 15.3. The number of unbranched alkanes of at least 4 members (excludes halogenated alkanes) is 3. The second-order valence-corrected chi connectivity index (χ2v) is 11.0. The number of hydrogen-bond donors (Lipinski definition) is 1. The van der Waals surface area contributed by atoms with Gasteiger partial charge in [0.15, 0.2) is 15.2 Å². The topological polar surface area (TPSA) is 83.6 Å². The Morgan fingerprint density at radius 2 is 1.62 bits per heavy atom. The highest BCUT2D eigenvalue weighted by Crippen LogP contribution is 2.50. The SMILES string of the molecule is Cc1ccc(S(=O)(=O)C2C3C(=O)N2C3C(=O)NCCCCCCc2ccc(Cl)cc2)cc1. The summed E-state index contributed by atoms with van der Waals surface area (Å²) in [5.41, 5.74) is 2.22. The number of carbonyl (C=O) groups is 2. The van der Waals surface area contributed by atoms with Crippen molar-refractivity contribution in [3.05, 3.63) is 64.7 Å². The van der Waals surface area contributed by atoms with Gasteiger partial charge in [0.25, 0.3) is 0 Å². The maximum Gasteiger partial charge on any atom is 0.243 e. The average molecular weight is 475 g/mol. The summed E-state index contributed by atoms with van der Waals surface area (Å²) >= 11 is 5.89. The van der Waals surface area contributed by atoms with Crippen LogP contribution in [0.3, 0.4) is 0 Å². The first-order valence-electron chi connectivity index (χ1n) is 11.0. The number of sulfone groups is 1. The lowest BCUT2D eigenvalue weighted by Gasteiger charge is -2.63. The molecule has 3 atom stereocenters. The van der Waals surface area contributed by atoms with Gasteiger partial charge in [0, 0.05) is 11.6 Å². The second kappa shape index (κ2) is 9.24. The Morgan fingerprint density at radius 3 is 2.25 bits per heavy atom. The molecule has 3 aliphatic rings. The van der Waals surface area contributed by atoms with Gasteiger partial charge in [-0.1, -0.05) is 54.3 Å². The van der Waals surface area contributed by atoms with Crippen LogP contribution in [0.5, 0.6) is 0 Å². The smallest absolute Gasteiger partial charge is 0.243 e. The molecule has 170 valence electrons. The van der Waals surface area contributed by atoms with Crippen LogP contribution in [-0.2, 0) is 25.8 Å². The molecular weight excluding hydrogens is 448 g/mol. The first kappa shape index (κ1) is 22.8. The van der Waals surface area contributed by atoms with Gasteiger partial charge in [0.1, 0.15) is 12.0 Å². The van der Waals surface area contributed by atoms with E-state index in [0.717, 1.165) is 42.7 Å². The van der Waals surface area contributed by atoms with Gasteiger partial charge in [0.2, 0.25) is 11.8 Å². The number of carbonyl (C=O) groups excluding carboxylic acids is 2. The molecule has 3 heterocycles. The third-order valence-corrected chi connectivity index (χ3v) is 8.64. The number of nitrogens with zero attached hydrogens (tertiary/aromatic N) is 1. The normalized spacial score (nSPS) is 21.6. The Kier molecular flexibility index (Phi) is 6.58. The number of rotatable bonds is 10. The van der Waals surface area contributed by atoms with Gasteiger partial charge in [-0.15, -0.1) is 0 Å². The Hall–Kier alpha value is -2.38. The Morgan fingerprint density at radius 1 is 1.00 bits per heavy atom. The van der Waals surface area contributed by atoms with Gasteiger partial charge in [0.05, 0.1) is 4.90 Å². The van der Waals surface area contributed by atoms with Crippen molar-refractivity contribution in [3.63, 3.8) is 0 Å². The molecule has 0 saturated carbocycles. The van der Waals surface area contributed by atoms with E-state index in [0.29, 0.717) is 6.54 Å². The largest absolute Gasteiger partial charge is 0.354 e. The minimum Gasteiger partial charge on any atom is -0.354 e. The molecule has 0 aromatic heterocycles. The van der Waals surface area contributed by atoms with Crippen LogP contribution in [0.1, 0.15) is 36.8 Å². The van der Waals surface area contributed by atoms with Gasteiger partial charge in [-0.2, -0.15) is 0 Å². The minimum absolute atomic E-state index is 0.188. The minimum atomic E-state index is -3.66. The number of aryl methyl sites for hydroxylation is 2. The molecule has 8 heteroatoms. The number of halogens is 1.